The van der Waals surface area contributed by atoms with Gasteiger partial charge in [0.25, 0.3) is 0 Å². The van der Waals surface area contributed by atoms with Gasteiger partial charge in [-0.2, -0.15) is 0 Å². The Labute approximate surface area is 149 Å². The van der Waals surface area contributed by atoms with Crippen molar-refractivity contribution in [2.75, 3.05) is 38.1 Å². The maximum absolute atomic E-state index is 13.2. The van der Waals surface area contributed by atoms with E-state index in [1.807, 2.05) is 18.3 Å². The van der Waals surface area contributed by atoms with E-state index < -0.39 is 0 Å². The molecule has 2 aromatic rings. The zero-order chi connectivity index (χ0) is 16.1. The van der Waals surface area contributed by atoms with Crippen LogP contribution in [0.1, 0.15) is 11.1 Å². The molecule has 6 heteroatoms. The lowest BCUT2D eigenvalue weighted by molar-refractivity contribution is 0.311. The van der Waals surface area contributed by atoms with Gasteiger partial charge in [0.2, 0.25) is 0 Å². The van der Waals surface area contributed by atoms with Gasteiger partial charge in [-0.25, -0.2) is 9.37 Å². The highest BCUT2D eigenvalue weighted by Crippen LogP contribution is 2.18. The van der Waals surface area contributed by atoms with E-state index >= 15 is 0 Å². The van der Waals surface area contributed by atoms with Gasteiger partial charge in [0.1, 0.15) is 11.6 Å². The average Bonchev–Trinajstić information content (AvgIpc) is 2.56. The summed E-state index contributed by atoms with van der Waals surface area (Å²) in [6, 6.07) is 10.8. The predicted octanol–water partition coefficient (Wildman–Crippen LogP) is 2.68. The van der Waals surface area contributed by atoms with Crippen LogP contribution in [0.5, 0.6) is 0 Å². The number of hydrogen-bond acceptors (Lipinski definition) is 4. The first-order valence-electron chi connectivity index (χ1n) is 8.05. The van der Waals surface area contributed by atoms with E-state index in [1.54, 1.807) is 12.1 Å². The fourth-order valence-corrected chi connectivity index (χ4v) is 2.86. The third-order valence-corrected chi connectivity index (χ3v) is 4.20. The van der Waals surface area contributed by atoms with E-state index in [1.165, 1.54) is 11.6 Å². The van der Waals surface area contributed by atoms with E-state index in [0.29, 0.717) is 6.54 Å². The van der Waals surface area contributed by atoms with Crippen LogP contribution in [-0.2, 0) is 13.1 Å². The van der Waals surface area contributed by atoms with Gasteiger partial charge in [-0.15, -0.1) is 12.4 Å². The van der Waals surface area contributed by atoms with Crippen LogP contribution in [0.2, 0.25) is 0 Å². The first-order chi connectivity index (χ1) is 11.2. The van der Waals surface area contributed by atoms with Crippen molar-refractivity contribution >= 4 is 18.2 Å². The van der Waals surface area contributed by atoms with Gasteiger partial charge >= 0.3 is 0 Å². The molecule has 0 radical (unpaired) electrons. The van der Waals surface area contributed by atoms with Crippen molar-refractivity contribution in [3.05, 3.63) is 59.5 Å². The highest BCUT2D eigenvalue weighted by atomic mass is 35.5. The Hall–Kier alpha value is -1.69. The largest absolute Gasteiger partial charge is 0.354 e. The Morgan fingerprint density at radius 3 is 2.62 bits per heavy atom. The second-order valence-corrected chi connectivity index (χ2v) is 6.01. The number of pyridine rings is 1. The molecule has 0 atom stereocenters. The summed E-state index contributed by atoms with van der Waals surface area (Å²) in [4.78, 5) is 9.26. The van der Waals surface area contributed by atoms with Crippen LogP contribution < -0.4 is 10.2 Å². The second kappa shape index (κ2) is 8.97. The Kier molecular flexibility index (Phi) is 6.97. The first kappa shape index (κ1) is 18.6. The predicted molar refractivity (Wildman–Crippen MR) is 98.1 cm³/mol. The number of likely N-dealkylation sites (N-methyl/N-ethyl adjacent to an activating group) is 1. The molecule has 1 aromatic heterocycles. The summed E-state index contributed by atoms with van der Waals surface area (Å²) in [5.41, 5.74) is 2.14. The van der Waals surface area contributed by atoms with Gasteiger partial charge in [-0.05, 0) is 30.8 Å². The number of halogens is 2. The standard InChI is InChI=1S/C18H23FN4.ClH/c1-22-8-10-23(11-9-22)18-16(5-3-7-21-18)14-20-13-15-4-2-6-17(19)12-15;/h2-7,12,20H,8-11,13-14H2,1H3;1H. The molecule has 130 valence electrons. The summed E-state index contributed by atoms with van der Waals surface area (Å²) < 4.78 is 13.2. The Morgan fingerprint density at radius 1 is 1.08 bits per heavy atom. The zero-order valence-corrected chi connectivity index (χ0v) is 14.7. The molecule has 1 aliphatic heterocycles. The molecular formula is C18H24ClFN4. The van der Waals surface area contributed by atoms with E-state index in [4.69, 9.17) is 0 Å². The van der Waals surface area contributed by atoms with Gasteiger partial charge in [-0.3, -0.25) is 0 Å². The molecule has 0 bridgehead atoms. The van der Waals surface area contributed by atoms with Gasteiger partial charge in [-0.1, -0.05) is 18.2 Å². The van der Waals surface area contributed by atoms with Crippen LogP contribution in [0.4, 0.5) is 10.2 Å². The fourth-order valence-electron chi connectivity index (χ4n) is 2.86. The molecular weight excluding hydrogens is 327 g/mol. The molecule has 0 saturated carbocycles. The Morgan fingerprint density at radius 2 is 1.88 bits per heavy atom. The zero-order valence-electron chi connectivity index (χ0n) is 13.9. The molecule has 4 nitrogen and oxygen atoms in total. The molecule has 1 fully saturated rings. The maximum atomic E-state index is 13.2. The van der Waals surface area contributed by atoms with Crippen molar-refractivity contribution in [2.45, 2.75) is 13.1 Å². The second-order valence-electron chi connectivity index (χ2n) is 6.01. The molecule has 1 saturated heterocycles. The number of anilines is 1. The lowest BCUT2D eigenvalue weighted by Crippen LogP contribution is -2.45. The minimum Gasteiger partial charge on any atom is -0.354 e. The van der Waals surface area contributed by atoms with E-state index in [2.05, 4.69) is 33.2 Å². The van der Waals surface area contributed by atoms with Gasteiger partial charge in [0, 0.05) is 51.0 Å². The third-order valence-electron chi connectivity index (χ3n) is 4.20. The quantitative estimate of drug-likeness (QED) is 0.898. The Bertz CT molecular complexity index is 644. The molecule has 3 rings (SSSR count). The fraction of sp³-hybridized carbons (Fsp3) is 0.389. The van der Waals surface area contributed by atoms with Crippen LogP contribution in [0, 0.1) is 5.82 Å². The Balaban J connectivity index is 0.00000208. The van der Waals surface area contributed by atoms with E-state index in [9.17, 15) is 4.39 Å². The highest BCUT2D eigenvalue weighted by molar-refractivity contribution is 5.85. The molecule has 0 aliphatic carbocycles. The number of benzene rings is 1. The number of nitrogens with zero attached hydrogens (tertiary/aromatic N) is 3. The molecule has 1 N–H and O–H groups in total. The SMILES string of the molecule is CN1CCN(c2ncccc2CNCc2cccc(F)c2)CC1.Cl. The van der Waals surface area contributed by atoms with Crippen molar-refractivity contribution in [2.24, 2.45) is 0 Å². The summed E-state index contributed by atoms with van der Waals surface area (Å²) in [6.07, 6.45) is 1.85. The van der Waals surface area contributed by atoms with Crippen molar-refractivity contribution in [1.82, 2.24) is 15.2 Å². The van der Waals surface area contributed by atoms with Crippen LogP contribution in [0.25, 0.3) is 0 Å². The highest BCUT2D eigenvalue weighted by Gasteiger charge is 2.17. The van der Waals surface area contributed by atoms with Crippen molar-refractivity contribution in [3.8, 4) is 0 Å². The summed E-state index contributed by atoms with van der Waals surface area (Å²) >= 11 is 0. The smallest absolute Gasteiger partial charge is 0.133 e. The van der Waals surface area contributed by atoms with Crippen LogP contribution >= 0.6 is 12.4 Å². The molecule has 0 unspecified atom stereocenters. The molecule has 24 heavy (non-hydrogen) atoms. The lowest BCUT2D eigenvalue weighted by atomic mass is 10.2. The first-order valence-corrected chi connectivity index (χ1v) is 8.05. The van der Waals surface area contributed by atoms with Crippen LogP contribution in [0.15, 0.2) is 42.6 Å². The number of piperazine rings is 1. The van der Waals surface area contributed by atoms with Crippen LogP contribution in [-0.4, -0.2) is 43.1 Å². The minimum absolute atomic E-state index is 0. The molecule has 0 amide bonds. The average molecular weight is 351 g/mol. The van der Waals surface area contributed by atoms with E-state index in [-0.39, 0.29) is 18.2 Å². The van der Waals surface area contributed by atoms with Gasteiger partial charge in [0.05, 0.1) is 0 Å². The monoisotopic (exact) mass is 350 g/mol. The summed E-state index contributed by atoms with van der Waals surface area (Å²) in [5.74, 6) is 0.871. The summed E-state index contributed by atoms with van der Waals surface area (Å²) in [7, 11) is 2.15. The van der Waals surface area contributed by atoms with Gasteiger partial charge < -0.3 is 15.1 Å². The van der Waals surface area contributed by atoms with Crippen molar-refractivity contribution in [3.63, 3.8) is 0 Å². The molecule has 2 heterocycles. The third kappa shape index (κ3) is 4.90. The normalized spacial score (nSPS) is 15.2. The van der Waals surface area contributed by atoms with E-state index in [0.717, 1.165) is 44.1 Å². The molecule has 1 aromatic carbocycles. The number of hydrogen-bond donors (Lipinski definition) is 1. The summed E-state index contributed by atoms with van der Waals surface area (Å²) in [6.45, 7) is 5.51. The van der Waals surface area contributed by atoms with Crippen molar-refractivity contribution in [1.29, 1.82) is 0 Å². The molecule has 0 spiro atoms. The lowest BCUT2D eigenvalue weighted by Gasteiger charge is -2.34. The number of nitrogens with one attached hydrogen (secondary N) is 1. The minimum atomic E-state index is -0.191. The summed E-state index contributed by atoms with van der Waals surface area (Å²) in [5, 5.41) is 3.39. The van der Waals surface area contributed by atoms with Crippen LogP contribution in [0.3, 0.4) is 0 Å². The topological polar surface area (TPSA) is 31.4 Å². The number of aromatic nitrogens is 1. The van der Waals surface area contributed by atoms with Crippen molar-refractivity contribution < 1.29 is 4.39 Å². The maximum Gasteiger partial charge on any atom is 0.133 e. The number of rotatable bonds is 5. The molecule has 1 aliphatic rings. The van der Waals surface area contributed by atoms with Gasteiger partial charge in [0.15, 0.2) is 0 Å².